The standard InChI is InChI=1S/C13H19ClN2O2S2/c1-10-11(9-15-2)7-12(14)8-13(10)20(17,18)16-3-5-19-6-4-16/h7-8,15H,3-6,9H2,1-2H3. The molecule has 2 rings (SSSR count). The predicted molar refractivity (Wildman–Crippen MR) is 85.0 cm³/mol. The SMILES string of the molecule is CNCc1cc(Cl)cc(S(=O)(=O)N2CCSCC2)c1C. The van der Waals surface area contributed by atoms with E-state index in [0.29, 0.717) is 29.6 Å². The number of nitrogens with one attached hydrogen (secondary N) is 1. The molecule has 1 aromatic carbocycles. The predicted octanol–water partition coefficient (Wildman–Crippen LogP) is 2.11. The second-order valence-corrected chi connectivity index (χ2v) is 8.30. The van der Waals surface area contributed by atoms with Crippen LogP contribution in [0.2, 0.25) is 5.02 Å². The lowest BCUT2D eigenvalue weighted by Gasteiger charge is -2.27. The third-order valence-corrected chi connectivity index (χ3v) is 6.57. The lowest BCUT2D eigenvalue weighted by Crippen LogP contribution is -2.38. The van der Waals surface area contributed by atoms with Crippen LogP contribution in [-0.4, -0.2) is 44.4 Å². The van der Waals surface area contributed by atoms with Crippen molar-refractivity contribution in [1.82, 2.24) is 9.62 Å². The van der Waals surface area contributed by atoms with Gasteiger partial charge in [-0.2, -0.15) is 16.1 Å². The number of hydrogen-bond acceptors (Lipinski definition) is 4. The fourth-order valence-corrected chi connectivity index (χ4v) is 5.45. The Morgan fingerprint density at radius 2 is 2.00 bits per heavy atom. The Morgan fingerprint density at radius 1 is 1.35 bits per heavy atom. The van der Waals surface area contributed by atoms with Gasteiger partial charge < -0.3 is 5.32 Å². The van der Waals surface area contributed by atoms with Gasteiger partial charge in [-0.15, -0.1) is 0 Å². The molecule has 1 N–H and O–H groups in total. The summed E-state index contributed by atoms with van der Waals surface area (Å²) in [6.45, 7) is 3.58. The first-order valence-corrected chi connectivity index (χ1v) is 9.45. The Hall–Kier alpha value is -0.270. The van der Waals surface area contributed by atoms with Crippen LogP contribution in [0.4, 0.5) is 0 Å². The first kappa shape index (κ1) is 16.1. The molecule has 112 valence electrons. The number of hydrogen-bond donors (Lipinski definition) is 1. The molecule has 0 radical (unpaired) electrons. The molecule has 0 aromatic heterocycles. The highest BCUT2D eigenvalue weighted by Gasteiger charge is 2.28. The summed E-state index contributed by atoms with van der Waals surface area (Å²) in [5, 5.41) is 3.50. The average molecular weight is 335 g/mol. The van der Waals surface area contributed by atoms with Crippen molar-refractivity contribution in [2.24, 2.45) is 0 Å². The summed E-state index contributed by atoms with van der Waals surface area (Å²) >= 11 is 7.87. The van der Waals surface area contributed by atoms with Gasteiger partial charge in [-0.1, -0.05) is 11.6 Å². The minimum atomic E-state index is -3.45. The monoisotopic (exact) mass is 334 g/mol. The topological polar surface area (TPSA) is 49.4 Å². The summed E-state index contributed by atoms with van der Waals surface area (Å²) in [6, 6.07) is 3.38. The number of sulfonamides is 1. The van der Waals surface area contributed by atoms with E-state index in [2.05, 4.69) is 5.32 Å². The van der Waals surface area contributed by atoms with Crippen molar-refractivity contribution in [2.45, 2.75) is 18.4 Å². The van der Waals surface area contributed by atoms with Crippen molar-refractivity contribution in [2.75, 3.05) is 31.6 Å². The first-order valence-electron chi connectivity index (χ1n) is 6.48. The molecule has 0 spiro atoms. The number of benzene rings is 1. The van der Waals surface area contributed by atoms with Crippen LogP contribution in [0.3, 0.4) is 0 Å². The zero-order chi connectivity index (χ0) is 14.8. The lowest BCUT2D eigenvalue weighted by atomic mass is 10.1. The molecule has 0 saturated carbocycles. The molecule has 1 aliphatic rings. The average Bonchev–Trinajstić information content (AvgIpc) is 2.43. The summed E-state index contributed by atoms with van der Waals surface area (Å²) in [5.41, 5.74) is 1.70. The molecule has 0 unspecified atom stereocenters. The minimum Gasteiger partial charge on any atom is -0.316 e. The molecule has 1 saturated heterocycles. The van der Waals surface area contributed by atoms with Crippen LogP contribution in [0.25, 0.3) is 0 Å². The molecule has 0 aliphatic carbocycles. The van der Waals surface area contributed by atoms with Crippen LogP contribution < -0.4 is 5.32 Å². The van der Waals surface area contributed by atoms with E-state index < -0.39 is 10.0 Å². The van der Waals surface area contributed by atoms with Crippen LogP contribution in [0.1, 0.15) is 11.1 Å². The van der Waals surface area contributed by atoms with Crippen LogP contribution in [0, 0.1) is 6.92 Å². The van der Waals surface area contributed by atoms with Gasteiger partial charge in [0.2, 0.25) is 10.0 Å². The van der Waals surface area contributed by atoms with Gasteiger partial charge in [0, 0.05) is 36.2 Å². The van der Waals surface area contributed by atoms with Gasteiger partial charge in [-0.25, -0.2) is 8.42 Å². The minimum absolute atomic E-state index is 0.335. The van der Waals surface area contributed by atoms with Gasteiger partial charge in [0.15, 0.2) is 0 Å². The molecule has 1 fully saturated rings. The molecule has 0 amide bonds. The smallest absolute Gasteiger partial charge is 0.243 e. The fraction of sp³-hybridized carbons (Fsp3) is 0.538. The Morgan fingerprint density at radius 3 is 2.60 bits per heavy atom. The van der Waals surface area contributed by atoms with E-state index in [1.54, 1.807) is 22.1 Å². The Kier molecular flexibility index (Phi) is 5.36. The van der Waals surface area contributed by atoms with Crippen molar-refractivity contribution >= 4 is 33.4 Å². The lowest BCUT2D eigenvalue weighted by molar-refractivity contribution is 0.443. The number of nitrogens with zero attached hydrogens (tertiary/aromatic N) is 1. The van der Waals surface area contributed by atoms with E-state index in [4.69, 9.17) is 11.6 Å². The highest BCUT2D eigenvalue weighted by atomic mass is 35.5. The maximum atomic E-state index is 12.8. The molecule has 1 heterocycles. The largest absolute Gasteiger partial charge is 0.316 e. The Labute approximate surface area is 129 Å². The molecule has 1 aromatic rings. The maximum absolute atomic E-state index is 12.8. The highest BCUT2D eigenvalue weighted by Crippen LogP contribution is 2.28. The maximum Gasteiger partial charge on any atom is 0.243 e. The van der Waals surface area contributed by atoms with Gasteiger partial charge in [0.1, 0.15) is 0 Å². The zero-order valence-electron chi connectivity index (χ0n) is 11.6. The van der Waals surface area contributed by atoms with Crippen molar-refractivity contribution in [3.05, 3.63) is 28.3 Å². The molecule has 1 aliphatic heterocycles. The normalized spacial score (nSPS) is 17.4. The molecule has 0 bridgehead atoms. The van der Waals surface area contributed by atoms with Crippen molar-refractivity contribution < 1.29 is 8.42 Å². The van der Waals surface area contributed by atoms with Crippen molar-refractivity contribution in [3.63, 3.8) is 0 Å². The van der Waals surface area contributed by atoms with Gasteiger partial charge in [0.05, 0.1) is 4.90 Å². The number of halogens is 1. The zero-order valence-corrected chi connectivity index (χ0v) is 14.0. The second kappa shape index (κ2) is 6.66. The van der Waals surface area contributed by atoms with Gasteiger partial charge in [-0.3, -0.25) is 0 Å². The molecule has 7 heteroatoms. The van der Waals surface area contributed by atoms with E-state index >= 15 is 0 Å². The van der Waals surface area contributed by atoms with E-state index in [1.807, 2.05) is 20.0 Å². The van der Waals surface area contributed by atoms with Gasteiger partial charge >= 0.3 is 0 Å². The van der Waals surface area contributed by atoms with Crippen LogP contribution in [0.15, 0.2) is 17.0 Å². The van der Waals surface area contributed by atoms with Crippen molar-refractivity contribution in [3.8, 4) is 0 Å². The van der Waals surface area contributed by atoms with E-state index in [9.17, 15) is 8.42 Å². The van der Waals surface area contributed by atoms with E-state index in [1.165, 1.54) is 0 Å². The fourth-order valence-electron chi connectivity index (χ4n) is 2.28. The molecular formula is C13H19ClN2O2S2. The first-order chi connectivity index (χ1) is 9.46. The third kappa shape index (κ3) is 3.31. The summed E-state index contributed by atoms with van der Waals surface area (Å²) in [5.74, 6) is 1.70. The Bertz CT molecular complexity index is 584. The van der Waals surface area contributed by atoms with Crippen LogP contribution >= 0.6 is 23.4 Å². The number of rotatable bonds is 4. The van der Waals surface area contributed by atoms with Gasteiger partial charge in [0.25, 0.3) is 0 Å². The van der Waals surface area contributed by atoms with Crippen LogP contribution in [0.5, 0.6) is 0 Å². The van der Waals surface area contributed by atoms with Gasteiger partial charge in [-0.05, 0) is 37.2 Å². The molecular weight excluding hydrogens is 316 g/mol. The molecule has 20 heavy (non-hydrogen) atoms. The Balaban J connectivity index is 2.45. The quantitative estimate of drug-likeness (QED) is 0.916. The summed E-state index contributed by atoms with van der Waals surface area (Å²) in [7, 11) is -1.62. The molecule has 0 atom stereocenters. The number of thioether (sulfide) groups is 1. The summed E-state index contributed by atoms with van der Waals surface area (Å²) in [4.78, 5) is 0.335. The van der Waals surface area contributed by atoms with E-state index in [0.717, 1.165) is 22.6 Å². The van der Waals surface area contributed by atoms with Crippen LogP contribution in [-0.2, 0) is 16.6 Å². The summed E-state index contributed by atoms with van der Waals surface area (Å²) < 4.78 is 27.1. The highest BCUT2D eigenvalue weighted by molar-refractivity contribution is 7.99. The van der Waals surface area contributed by atoms with E-state index in [-0.39, 0.29) is 0 Å². The third-order valence-electron chi connectivity index (χ3n) is 3.39. The summed E-state index contributed by atoms with van der Waals surface area (Å²) in [6.07, 6.45) is 0. The van der Waals surface area contributed by atoms with Crippen molar-refractivity contribution in [1.29, 1.82) is 0 Å². The second-order valence-electron chi connectivity index (χ2n) is 4.73. The molecule has 4 nitrogen and oxygen atoms in total.